The average Bonchev–Trinajstić information content (AvgIpc) is 2.55. The van der Waals surface area contributed by atoms with Gasteiger partial charge in [-0.25, -0.2) is 19.2 Å². The van der Waals surface area contributed by atoms with Crippen LogP contribution in [0.2, 0.25) is 0 Å². The molecule has 27 heavy (non-hydrogen) atoms. The van der Waals surface area contributed by atoms with Gasteiger partial charge in [-0.15, -0.1) is 0 Å². The van der Waals surface area contributed by atoms with Crippen molar-refractivity contribution in [3.8, 4) is 11.1 Å². The van der Waals surface area contributed by atoms with Gasteiger partial charge in [-0.3, -0.25) is 0 Å². The Labute approximate surface area is 151 Å². The van der Waals surface area contributed by atoms with Crippen molar-refractivity contribution in [3.05, 3.63) is 60.7 Å². The molecule has 146 valence electrons. The van der Waals surface area contributed by atoms with Crippen LogP contribution in [0, 0.1) is 0 Å². The van der Waals surface area contributed by atoms with Crippen LogP contribution in [-0.4, -0.2) is 55.3 Å². The second kappa shape index (κ2) is 15.3. The van der Waals surface area contributed by atoms with Gasteiger partial charge in [0.1, 0.15) is 0 Å². The molecule has 0 unspecified atom stereocenters. The van der Waals surface area contributed by atoms with Gasteiger partial charge in [0.05, 0.1) is 0 Å². The molecular weight excluding hydrogens is 368 g/mol. The summed E-state index contributed by atoms with van der Waals surface area (Å²) in [5.74, 6) is 0. The summed E-state index contributed by atoms with van der Waals surface area (Å²) in [5, 5.41) is 42.9. The van der Waals surface area contributed by atoms with Crippen molar-refractivity contribution in [3.63, 3.8) is 0 Å². The van der Waals surface area contributed by atoms with Crippen LogP contribution in [0.3, 0.4) is 0 Å². The Hall–Kier alpha value is -4.28. The highest BCUT2D eigenvalue weighted by Gasteiger charge is 2.01. The standard InChI is InChI=1S/C12H10.C2H2O5.2CH2O3/c1-3-7-11(8-4-1)12-9-5-2-6-10-12;3-1(4)7-2(5)6;2*2-1(3)4/h1-10H;(H,3,4)(H,5,6);2*(H2,2,3,4). The van der Waals surface area contributed by atoms with Crippen LogP contribution >= 0.6 is 0 Å². The summed E-state index contributed by atoms with van der Waals surface area (Å²) < 4.78 is 3.08. The number of benzene rings is 2. The first-order valence-electron chi connectivity index (χ1n) is 6.64. The third kappa shape index (κ3) is 21.7. The van der Waals surface area contributed by atoms with Gasteiger partial charge < -0.3 is 35.4 Å². The maximum Gasteiger partial charge on any atom is 0.516 e. The first kappa shape index (κ1) is 25.0. The van der Waals surface area contributed by atoms with Crippen LogP contribution in [0.25, 0.3) is 11.1 Å². The molecule has 0 spiro atoms. The monoisotopic (exact) mass is 384 g/mol. The van der Waals surface area contributed by atoms with Crippen molar-refractivity contribution in [1.29, 1.82) is 0 Å². The molecule has 0 fully saturated rings. The summed E-state index contributed by atoms with van der Waals surface area (Å²) >= 11 is 0. The zero-order chi connectivity index (χ0) is 21.2. The molecule has 0 aliphatic heterocycles. The van der Waals surface area contributed by atoms with E-state index in [9.17, 15) is 9.59 Å². The number of hydrogen-bond donors (Lipinski definition) is 6. The van der Waals surface area contributed by atoms with E-state index in [4.69, 9.17) is 40.2 Å². The number of rotatable bonds is 1. The normalized spacial score (nSPS) is 8.00. The largest absolute Gasteiger partial charge is 0.516 e. The quantitative estimate of drug-likeness (QED) is 0.304. The summed E-state index contributed by atoms with van der Waals surface area (Å²) in [4.78, 5) is 35.5. The Morgan fingerprint density at radius 3 is 0.889 bits per heavy atom. The molecule has 2 aromatic carbocycles. The molecule has 6 N–H and O–H groups in total. The van der Waals surface area contributed by atoms with E-state index >= 15 is 0 Å². The molecule has 11 nitrogen and oxygen atoms in total. The van der Waals surface area contributed by atoms with Gasteiger partial charge in [0, 0.05) is 0 Å². The highest BCUT2D eigenvalue weighted by molar-refractivity contribution is 5.74. The van der Waals surface area contributed by atoms with E-state index in [1.807, 2.05) is 12.1 Å². The molecule has 0 radical (unpaired) electrons. The van der Waals surface area contributed by atoms with Crippen LogP contribution < -0.4 is 0 Å². The zero-order valence-corrected chi connectivity index (χ0v) is 13.5. The summed E-state index contributed by atoms with van der Waals surface area (Å²) in [7, 11) is 0. The predicted octanol–water partition coefficient (Wildman–Crippen LogP) is 4.16. The fourth-order valence-corrected chi connectivity index (χ4v) is 1.34. The van der Waals surface area contributed by atoms with Crippen molar-refractivity contribution >= 4 is 24.6 Å². The number of carbonyl (C=O) groups is 4. The molecule has 0 saturated carbocycles. The predicted molar refractivity (Wildman–Crippen MR) is 90.3 cm³/mol. The van der Waals surface area contributed by atoms with Crippen LogP contribution in [0.5, 0.6) is 0 Å². The summed E-state index contributed by atoms with van der Waals surface area (Å²) in [6.07, 6.45) is -7.29. The second-order valence-electron chi connectivity index (χ2n) is 3.93. The first-order chi connectivity index (χ1) is 12.6. The molecule has 0 aliphatic carbocycles. The Bertz CT molecular complexity index is 629. The lowest BCUT2D eigenvalue weighted by molar-refractivity contribution is 0.0800. The fraction of sp³-hybridized carbons (Fsp3) is 0. The Kier molecular flexibility index (Phi) is 14.1. The maximum atomic E-state index is 9.21. The lowest BCUT2D eigenvalue weighted by Crippen LogP contribution is -2.05. The van der Waals surface area contributed by atoms with Crippen LogP contribution in [0.1, 0.15) is 0 Å². The second-order valence-corrected chi connectivity index (χ2v) is 3.93. The van der Waals surface area contributed by atoms with E-state index < -0.39 is 24.6 Å². The van der Waals surface area contributed by atoms with E-state index in [2.05, 4.69) is 53.3 Å². The molecular formula is C16H16O11. The summed E-state index contributed by atoms with van der Waals surface area (Å²) in [6.45, 7) is 0. The first-order valence-corrected chi connectivity index (χ1v) is 6.64. The Balaban J connectivity index is 0. The smallest absolute Gasteiger partial charge is 0.450 e. The number of carboxylic acid groups (broad SMARTS) is 6. The van der Waals surface area contributed by atoms with E-state index in [-0.39, 0.29) is 0 Å². The van der Waals surface area contributed by atoms with Crippen LogP contribution in [0.15, 0.2) is 60.7 Å². The average molecular weight is 384 g/mol. The van der Waals surface area contributed by atoms with Crippen molar-refractivity contribution in [2.45, 2.75) is 0 Å². The van der Waals surface area contributed by atoms with Gasteiger partial charge in [-0.2, -0.15) is 0 Å². The highest BCUT2D eigenvalue weighted by Crippen LogP contribution is 2.17. The van der Waals surface area contributed by atoms with Gasteiger partial charge >= 0.3 is 24.6 Å². The van der Waals surface area contributed by atoms with Gasteiger partial charge in [0.2, 0.25) is 0 Å². The van der Waals surface area contributed by atoms with Crippen LogP contribution in [-0.2, 0) is 4.74 Å². The third-order valence-electron chi connectivity index (χ3n) is 2.06. The highest BCUT2D eigenvalue weighted by atomic mass is 16.7. The van der Waals surface area contributed by atoms with E-state index in [0.29, 0.717) is 0 Å². The van der Waals surface area contributed by atoms with E-state index in [1.54, 1.807) is 0 Å². The topological polar surface area (TPSA) is 199 Å². The molecule has 0 aliphatic rings. The van der Waals surface area contributed by atoms with Crippen molar-refractivity contribution in [2.24, 2.45) is 0 Å². The van der Waals surface area contributed by atoms with E-state index in [0.717, 1.165) is 0 Å². The SMILES string of the molecule is O=C(O)O.O=C(O)O.O=C(O)OC(=O)O.c1ccc(-c2ccccc2)cc1. The van der Waals surface area contributed by atoms with Crippen molar-refractivity contribution in [1.82, 2.24) is 0 Å². The number of hydrogen-bond acceptors (Lipinski definition) is 5. The van der Waals surface area contributed by atoms with E-state index in [1.165, 1.54) is 11.1 Å². The molecule has 0 saturated heterocycles. The zero-order valence-electron chi connectivity index (χ0n) is 13.5. The molecule has 2 rings (SSSR count). The third-order valence-corrected chi connectivity index (χ3v) is 2.06. The van der Waals surface area contributed by atoms with Crippen molar-refractivity contribution in [2.75, 3.05) is 0 Å². The molecule has 0 bridgehead atoms. The minimum absolute atomic E-state index is 1.28. The molecule has 0 heterocycles. The van der Waals surface area contributed by atoms with Gasteiger partial charge in [0.15, 0.2) is 0 Å². The maximum absolute atomic E-state index is 9.21. The number of ether oxygens (including phenoxy) is 1. The minimum atomic E-state index is -1.83. The Morgan fingerprint density at radius 2 is 0.741 bits per heavy atom. The van der Waals surface area contributed by atoms with Crippen molar-refractivity contribution < 1.29 is 54.6 Å². The van der Waals surface area contributed by atoms with Gasteiger partial charge in [-0.1, -0.05) is 60.7 Å². The molecule has 0 amide bonds. The lowest BCUT2D eigenvalue weighted by atomic mass is 10.1. The van der Waals surface area contributed by atoms with Gasteiger partial charge in [-0.05, 0) is 11.1 Å². The minimum Gasteiger partial charge on any atom is -0.450 e. The molecule has 0 atom stereocenters. The molecule has 2 aromatic rings. The lowest BCUT2D eigenvalue weighted by Gasteiger charge is -1.98. The summed E-state index contributed by atoms with van der Waals surface area (Å²) in [6, 6.07) is 20.8. The fourth-order valence-electron chi connectivity index (χ4n) is 1.34. The van der Waals surface area contributed by atoms with Crippen LogP contribution in [0.4, 0.5) is 19.2 Å². The Morgan fingerprint density at radius 1 is 0.519 bits per heavy atom. The molecule has 11 heteroatoms. The summed E-state index contributed by atoms with van der Waals surface area (Å²) in [5.41, 5.74) is 2.55. The molecule has 0 aromatic heterocycles. The van der Waals surface area contributed by atoms with Gasteiger partial charge in [0.25, 0.3) is 0 Å².